The van der Waals surface area contributed by atoms with Gasteiger partial charge in [-0.15, -0.1) is 0 Å². The van der Waals surface area contributed by atoms with Gasteiger partial charge >= 0.3 is 0 Å². The minimum absolute atomic E-state index is 0.178. The number of hydrogen-bond donors (Lipinski definition) is 1. The van der Waals surface area contributed by atoms with Crippen LogP contribution in [0.5, 0.6) is 0 Å². The molecule has 3 rings (SSSR count). The van der Waals surface area contributed by atoms with E-state index in [0.29, 0.717) is 23.1 Å². The number of furan rings is 1. The van der Waals surface area contributed by atoms with E-state index in [9.17, 15) is 9.59 Å². The molecule has 6 heteroatoms. The number of rotatable bonds is 5. The van der Waals surface area contributed by atoms with Crippen molar-refractivity contribution in [3.8, 4) is 0 Å². The van der Waals surface area contributed by atoms with Crippen LogP contribution in [0.15, 0.2) is 51.9 Å². The predicted octanol–water partition coefficient (Wildman–Crippen LogP) is 2.89. The summed E-state index contributed by atoms with van der Waals surface area (Å²) in [6.45, 7) is 4.26. The number of benzene rings is 1. The van der Waals surface area contributed by atoms with Gasteiger partial charge in [-0.25, -0.2) is 4.68 Å². The lowest BCUT2D eigenvalue weighted by Gasteiger charge is -2.13. The zero-order valence-electron chi connectivity index (χ0n) is 13.7. The van der Waals surface area contributed by atoms with E-state index in [1.165, 1.54) is 4.68 Å². The third-order valence-electron chi connectivity index (χ3n) is 3.84. The van der Waals surface area contributed by atoms with Gasteiger partial charge in [-0.1, -0.05) is 25.1 Å². The van der Waals surface area contributed by atoms with Crippen molar-refractivity contribution in [2.45, 2.75) is 32.9 Å². The van der Waals surface area contributed by atoms with Gasteiger partial charge in [-0.05, 0) is 31.5 Å². The Kier molecular flexibility index (Phi) is 4.46. The number of aromatic nitrogens is 2. The van der Waals surface area contributed by atoms with Crippen molar-refractivity contribution in [1.82, 2.24) is 15.1 Å². The van der Waals surface area contributed by atoms with E-state index in [2.05, 4.69) is 10.4 Å². The first-order valence-corrected chi connectivity index (χ1v) is 7.96. The van der Waals surface area contributed by atoms with Crippen LogP contribution in [0.25, 0.3) is 10.8 Å². The fourth-order valence-corrected chi connectivity index (χ4v) is 2.64. The fraction of sp³-hybridized carbons (Fsp3) is 0.278. The predicted molar refractivity (Wildman–Crippen MR) is 90.9 cm³/mol. The van der Waals surface area contributed by atoms with E-state index in [1.54, 1.807) is 42.7 Å². The molecule has 2 aromatic heterocycles. The number of carbonyl (C=O) groups is 1. The van der Waals surface area contributed by atoms with Gasteiger partial charge < -0.3 is 9.73 Å². The third-order valence-corrected chi connectivity index (χ3v) is 3.84. The molecule has 0 unspecified atom stereocenters. The number of carbonyl (C=O) groups excluding carboxylic acids is 1. The maximum absolute atomic E-state index is 12.7. The maximum Gasteiger partial charge on any atom is 0.274 e. The summed E-state index contributed by atoms with van der Waals surface area (Å²) in [5, 5.41) is 8.21. The van der Waals surface area contributed by atoms with E-state index < -0.39 is 0 Å². The summed E-state index contributed by atoms with van der Waals surface area (Å²) in [5.74, 6) is 0.328. The molecule has 124 valence electrons. The fourth-order valence-electron chi connectivity index (χ4n) is 2.64. The molecule has 6 nitrogen and oxygen atoms in total. The van der Waals surface area contributed by atoms with Crippen molar-refractivity contribution in [3.05, 3.63) is 64.5 Å². The Morgan fingerprint density at radius 2 is 2.00 bits per heavy atom. The molecule has 1 N–H and O–H groups in total. The van der Waals surface area contributed by atoms with Crippen LogP contribution < -0.4 is 10.9 Å². The van der Waals surface area contributed by atoms with Crippen molar-refractivity contribution in [3.63, 3.8) is 0 Å². The van der Waals surface area contributed by atoms with Crippen LogP contribution in [0.2, 0.25) is 0 Å². The Morgan fingerprint density at radius 3 is 2.67 bits per heavy atom. The molecule has 2 heterocycles. The highest BCUT2D eigenvalue weighted by Gasteiger charge is 2.19. The lowest BCUT2D eigenvalue weighted by molar-refractivity contribution is 0.0929. The minimum Gasteiger partial charge on any atom is -0.467 e. The van der Waals surface area contributed by atoms with Gasteiger partial charge in [0.1, 0.15) is 5.76 Å². The van der Waals surface area contributed by atoms with Crippen LogP contribution in [0, 0.1) is 0 Å². The first-order chi connectivity index (χ1) is 11.6. The van der Waals surface area contributed by atoms with Crippen LogP contribution in [-0.4, -0.2) is 15.7 Å². The highest BCUT2D eigenvalue weighted by atomic mass is 16.3. The first kappa shape index (κ1) is 16.0. The van der Waals surface area contributed by atoms with Gasteiger partial charge in [0.25, 0.3) is 11.5 Å². The molecular formula is C18H19N3O3. The van der Waals surface area contributed by atoms with Gasteiger partial charge in [-0.3, -0.25) is 9.59 Å². The summed E-state index contributed by atoms with van der Waals surface area (Å²) in [6.07, 6.45) is 2.32. The molecule has 0 radical (unpaired) electrons. The van der Waals surface area contributed by atoms with Gasteiger partial charge in [-0.2, -0.15) is 5.10 Å². The Morgan fingerprint density at radius 1 is 1.25 bits per heavy atom. The number of amides is 1. The molecule has 0 saturated heterocycles. The summed E-state index contributed by atoms with van der Waals surface area (Å²) in [6, 6.07) is 10.3. The molecule has 1 amide bonds. The minimum atomic E-state index is -0.333. The Hall–Kier alpha value is -2.89. The number of nitrogens with zero attached hydrogens (tertiary/aromatic N) is 2. The Bertz CT molecular complexity index is 913. The number of nitrogens with one attached hydrogen (secondary N) is 1. The topological polar surface area (TPSA) is 77.1 Å². The van der Waals surface area contributed by atoms with Gasteiger partial charge in [0.15, 0.2) is 5.69 Å². The van der Waals surface area contributed by atoms with Gasteiger partial charge in [0.2, 0.25) is 0 Å². The van der Waals surface area contributed by atoms with E-state index in [0.717, 1.165) is 6.42 Å². The van der Waals surface area contributed by atoms with Crippen LogP contribution in [0.1, 0.15) is 42.6 Å². The second-order valence-electron chi connectivity index (χ2n) is 5.63. The Labute approximate surface area is 139 Å². The first-order valence-electron chi connectivity index (χ1n) is 7.96. The van der Waals surface area contributed by atoms with Crippen molar-refractivity contribution in [2.24, 2.45) is 0 Å². The van der Waals surface area contributed by atoms with Crippen LogP contribution in [0.4, 0.5) is 0 Å². The average molecular weight is 325 g/mol. The molecule has 0 saturated carbocycles. The second kappa shape index (κ2) is 6.70. The maximum atomic E-state index is 12.7. The van der Waals surface area contributed by atoms with E-state index >= 15 is 0 Å². The zero-order valence-corrected chi connectivity index (χ0v) is 13.7. The molecule has 24 heavy (non-hydrogen) atoms. The normalized spacial score (nSPS) is 12.2. The summed E-state index contributed by atoms with van der Waals surface area (Å²) < 4.78 is 6.67. The van der Waals surface area contributed by atoms with Gasteiger partial charge in [0, 0.05) is 11.9 Å². The number of aryl methyl sites for hydroxylation is 1. The van der Waals surface area contributed by atoms with Crippen LogP contribution in [0.3, 0.4) is 0 Å². The number of hydrogen-bond acceptors (Lipinski definition) is 4. The van der Waals surface area contributed by atoms with Crippen molar-refractivity contribution in [1.29, 1.82) is 0 Å². The van der Waals surface area contributed by atoms with Crippen molar-refractivity contribution >= 4 is 16.7 Å². The molecule has 0 spiro atoms. The molecule has 0 fully saturated rings. The van der Waals surface area contributed by atoms with Gasteiger partial charge in [0.05, 0.1) is 17.7 Å². The van der Waals surface area contributed by atoms with E-state index in [1.807, 2.05) is 13.8 Å². The van der Waals surface area contributed by atoms with Crippen LogP contribution in [-0.2, 0) is 6.54 Å². The Balaban J connectivity index is 2.03. The molecule has 1 aromatic carbocycles. The lowest BCUT2D eigenvalue weighted by Crippen LogP contribution is -2.32. The second-order valence-corrected chi connectivity index (χ2v) is 5.63. The quantitative estimate of drug-likeness (QED) is 0.782. The monoisotopic (exact) mass is 325 g/mol. The standard InChI is InChI=1S/C18H19N3O3/c1-3-10-21-18(23)14-8-5-4-7-13(14)16(20-21)17(22)19-12(2)15-9-6-11-24-15/h4-9,11-12H,3,10H2,1-2H3,(H,19,22)/t12-/m0/s1. The lowest BCUT2D eigenvalue weighted by atomic mass is 10.1. The van der Waals surface area contributed by atoms with Crippen molar-refractivity contribution < 1.29 is 9.21 Å². The molecule has 0 aliphatic heterocycles. The molecule has 0 bridgehead atoms. The van der Waals surface area contributed by atoms with Crippen LogP contribution >= 0.6 is 0 Å². The molecule has 0 aliphatic rings. The molecule has 3 aromatic rings. The summed E-state index contributed by atoms with van der Waals surface area (Å²) in [7, 11) is 0. The summed E-state index contributed by atoms with van der Waals surface area (Å²) in [4.78, 5) is 25.2. The number of fused-ring (bicyclic) bond motifs is 1. The smallest absolute Gasteiger partial charge is 0.274 e. The SMILES string of the molecule is CCCn1nc(C(=O)N[C@@H](C)c2ccco2)c2ccccc2c1=O. The highest BCUT2D eigenvalue weighted by molar-refractivity contribution is 6.04. The van der Waals surface area contributed by atoms with Crippen molar-refractivity contribution in [2.75, 3.05) is 0 Å². The zero-order chi connectivity index (χ0) is 17.1. The largest absolute Gasteiger partial charge is 0.467 e. The molecule has 0 aliphatic carbocycles. The molecule has 1 atom stereocenters. The van der Waals surface area contributed by atoms with E-state index in [4.69, 9.17) is 4.42 Å². The summed E-state index contributed by atoms with van der Waals surface area (Å²) >= 11 is 0. The summed E-state index contributed by atoms with van der Waals surface area (Å²) in [5.41, 5.74) is 0.0696. The highest BCUT2D eigenvalue weighted by Crippen LogP contribution is 2.16. The average Bonchev–Trinajstić information content (AvgIpc) is 3.12. The molecular weight excluding hydrogens is 306 g/mol. The third kappa shape index (κ3) is 2.95. The van der Waals surface area contributed by atoms with E-state index in [-0.39, 0.29) is 23.2 Å².